The normalized spacial score (nSPS) is 21.8. The van der Waals surface area contributed by atoms with E-state index in [1.807, 2.05) is 37.5 Å². The number of piperidine rings is 1. The van der Waals surface area contributed by atoms with Crippen LogP contribution in [0.3, 0.4) is 0 Å². The van der Waals surface area contributed by atoms with E-state index in [0.717, 1.165) is 79.6 Å². The molecule has 1 aliphatic heterocycles. The van der Waals surface area contributed by atoms with Gasteiger partial charge in [0.05, 0.1) is 6.33 Å². The van der Waals surface area contributed by atoms with Crippen LogP contribution < -0.4 is 21.7 Å². The molecule has 3 fully saturated rings. The molecule has 11 nitrogen and oxygen atoms in total. The molecular weight excluding hydrogens is 577 g/mol. The lowest BCUT2D eigenvalue weighted by atomic mass is 9.92. The number of aromatic nitrogens is 4. The molecule has 2 aromatic heterocycles. The van der Waals surface area contributed by atoms with Gasteiger partial charge in [0, 0.05) is 42.9 Å². The maximum atomic E-state index is 12.4. The second-order valence-electron chi connectivity index (χ2n) is 11.6. The molecule has 3 aliphatic rings. The molecule has 0 atom stereocenters. The van der Waals surface area contributed by atoms with Crippen molar-refractivity contribution in [2.24, 2.45) is 5.73 Å². The fourth-order valence-corrected chi connectivity index (χ4v) is 6.16. The van der Waals surface area contributed by atoms with Gasteiger partial charge in [-0.3, -0.25) is 5.32 Å². The van der Waals surface area contributed by atoms with E-state index < -0.39 is 6.09 Å². The summed E-state index contributed by atoms with van der Waals surface area (Å²) in [7, 11) is 0. The number of imidazole rings is 1. The minimum atomic E-state index is -0.468. The molecule has 230 valence electrons. The predicted molar refractivity (Wildman–Crippen MR) is 171 cm³/mol. The van der Waals surface area contributed by atoms with Crippen LogP contribution in [0.15, 0.2) is 30.6 Å². The van der Waals surface area contributed by atoms with Gasteiger partial charge in [-0.2, -0.15) is 9.97 Å². The molecule has 3 heterocycles. The van der Waals surface area contributed by atoms with Crippen LogP contribution in [0.25, 0.3) is 11.2 Å². The Balaban J connectivity index is 0.00000202. The van der Waals surface area contributed by atoms with Crippen molar-refractivity contribution in [3.8, 4) is 0 Å². The SMILES string of the molecule is Cc1ccc(NC(=O)ON2CCC(Nc3nc(N[C@H]4CC[C@H](N)CC4)nc4c3ncn4C3CCCC3)CC2)cc1.Cl.Cl. The molecule has 42 heavy (non-hydrogen) atoms. The third-order valence-electron chi connectivity index (χ3n) is 8.55. The number of hydrogen-bond acceptors (Lipinski definition) is 9. The molecule has 0 spiro atoms. The first-order valence-electron chi connectivity index (χ1n) is 14.8. The lowest BCUT2D eigenvalue weighted by Gasteiger charge is -2.31. The number of amides is 1. The van der Waals surface area contributed by atoms with Crippen LogP contribution in [-0.4, -0.2) is 61.9 Å². The van der Waals surface area contributed by atoms with Gasteiger partial charge in [-0.05, 0) is 70.4 Å². The van der Waals surface area contributed by atoms with Crippen molar-refractivity contribution < 1.29 is 9.63 Å². The number of aryl methyl sites for hydroxylation is 1. The Kier molecular flexibility index (Phi) is 11.1. The number of halogens is 2. The monoisotopic (exact) mass is 619 g/mol. The number of benzene rings is 1. The highest BCUT2D eigenvalue weighted by atomic mass is 35.5. The highest BCUT2D eigenvalue weighted by Crippen LogP contribution is 2.34. The Morgan fingerprint density at radius 3 is 2.26 bits per heavy atom. The van der Waals surface area contributed by atoms with Gasteiger partial charge in [0.1, 0.15) is 0 Å². The van der Waals surface area contributed by atoms with Crippen molar-refractivity contribution in [3.63, 3.8) is 0 Å². The minimum Gasteiger partial charge on any atom is -0.365 e. The first-order valence-corrected chi connectivity index (χ1v) is 14.8. The molecule has 5 N–H and O–H groups in total. The summed E-state index contributed by atoms with van der Waals surface area (Å²) in [6, 6.07) is 8.92. The van der Waals surface area contributed by atoms with Crippen molar-refractivity contribution in [1.82, 2.24) is 24.6 Å². The topological polar surface area (TPSA) is 135 Å². The number of nitrogens with one attached hydrogen (secondary N) is 3. The van der Waals surface area contributed by atoms with E-state index in [1.54, 1.807) is 5.06 Å². The summed E-state index contributed by atoms with van der Waals surface area (Å²) in [4.78, 5) is 32.6. The molecule has 3 aromatic rings. The van der Waals surface area contributed by atoms with E-state index in [9.17, 15) is 4.79 Å². The van der Waals surface area contributed by atoms with Gasteiger partial charge >= 0.3 is 6.09 Å². The Morgan fingerprint density at radius 1 is 0.905 bits per heavy atom. The van der Waals surface area contributed by atoms with Crippen molar-refractivity contribution in [2.45, 2.75) is 95.3 Å². The van der Waals surface area contributed by atoms with Gasteiger partial charge < -0.3 is 25.8 Å². The molecule has 0 radical (unpaired) electrons. The van der Waals surface area contributed by atoms with E-state index in [0.29, 0.717) is 37.2 Å². The number of hydrogen-bond donors (Lipinski definition) is 4. The van der Waals surface area contributed by atoms with Crippen molar-refractivity contribution in [3.05, 3.63) is 36.2 Å². The summed E-state index contributed by atoms with van der Waals surface area (Å²) in [5.74, 6) is 1.43. The van der Waals surface area contributed by atoms with Crippen LogP contribution >= 0.6 is 24.8 Å². The fourth-order valence-electron chi connectivity index (χ4n) is 6.16. The van der Waals surface area contributed by atoms with Crippen LogP contribution in [-0.2, 0) is 4.84 Å². The number of nitrogens with zero attached hydrogens (tertiary/aromatic N) is 5. The molecule has 1 aromatic carbocycles. The first-order chi connectivity index (χ1) is 19.5. The summed E-state index contributed by atoms with van der Waals surface area (Å²) in [5.41, 5.74) is 9.70. The number of rotatable bonds is 7. The Morgan fingerprint density at radius 2 is 1.57 bits per heavy atom. The lowest BCUT2D eigenvalue weighted by molar-refractivity contribution is -0.106. The smallest absolute Gasteiger partial charge is 0.365 e. The molecule has 13 heteroatoms. The van der Waals surface area contributed by atoms with Gasteiger partial charge in [-0.25, -0.2) is 9.78 Å². The summed E-state index contributed by atoms with van der Waals surface area (Å²) in [5, 5.41) is 11.8. The fraction of sp³-hybridized carbons (Fsp3) is 0.586. The first kappa shape index (κ1) is 32.1. The minimum absolute atomic E-state index is 0. The number of carbonyl (C=O) groups is 1. The third-order valence-corrected chi connectivity index (χ3v) is 8.55. The van der Waals surface area contributed by atoms with E-state index in [-0.39, 0.29) is 30.9 Å². The van der Waals surface area contributed by atoms with Gasteiger partial charge in [-0.1, -0.05) is 30.5 Å². The number of nitrogens with two attached hydrogens (primary N) is 1. The molecule has 1 amide bonds. The summed E-state index contributed by atoms with van der Waals surface area (Å²) >= 11 is 0. The van der Waals surface area contributed by atoms with Gasteiger partial charge in [-0.15, -0.1) is 29.9 Å². The average molecular weight is 621 g/mol. The Bertz CT molecular complexity index is 1300. The van der Waals surface area contributed by atoms with E-state index in [2.05, 4.69) is 20.5 Å². The zero-order chi connectivity index (χ0) is 27.5. The van der Waals surface area contributed by atoms with Gasteiger partial charge in [0.15, 0.2) is 17.0 Å². The maximum absolute atomic E-state index is 12.4. The zero-order valence-corrected chi connectivity index (χ0v) is 25.8. The van der Waals surface area contributed by atoms with Crippen molar-refractivity contribution >= 4 is 59.5 Å². The van der Waals surface area contributed by atoms with Crippen LogP contribution in [0.2, 0.25) is 0 Å². The molecule has 0 unspecified atom stereocenters. The molecule has 6 rings (SSSR count). The Labute approximate surface area is 259 Å². The van der Waals surface area contributed by atoms with Crippen molar-refractivity contribution in [2.75, 3.05) is 29.0 Å². The number of hydroxylamine groups is 2. The number of fused-ring (bicyclic) bond motifs is 1. The predicted octanol–water partition coefficient (Wildman–Crippen LogP) is 5.82. The second-order valence-corrected chi connectivity index (χ2v) is 11.6. The maximum Gasteiger partial charge on any atom is 0.430 e. The van der Waals surface area contributed by atoms with Crippen LogP contribution in [0.5, 0.6) is 0 Å². The third kappa shape index (κ3) is 7.75. The van der Waals surface area contributed by atoms with E-state index in [1.165, 1.54) is 12.8 Å². The second kappa shape index (κ2) is 14.5. The quantitative estimate of drug-likeness (QED) is 0.258. The number of anilines is 3. The highest BCUT2D eigenvalue weighted by Gasteiger charge is 2.27. The van der Waals surface area contributed by atoms with Crippen LogP contribution in [0.1, 0.15) is 75.8 Å². The summed E-state index contributed by atoms with van der Waals surface area (Å²) in [6.45, 7) is 3.28. The highest BCUT2D eigenvalue weighted by molar-refractivity contribution is 5.86. The number of carbonyl (C=O) groups excluding carboxylic acids is 1. The van der Waals surface area contributed by atoms with E-state index >= 15 is 0 Å². The molecule has 1 saturated heterocycles. The van der Waals surface area contributed by atoms with Crippen LogP contribution in [0.4, 0.5) is 22.2 Å². The zero-order valence-electron chi connectivity index (χ0n) is 24.1. The van der Waals surface area contributed by atoms with Gasteiger partial charge in [0.2, 0.25) is 5.95 Å². The van der Waals surface area contributed by atoms with Crippen molar-refractivity contribution in [1.29, 1.82) is 0 Å². The largest absolute Gasteiger partial charge is 0.430 e. The van der Waals surface area contributed by atoms with Crippen LogP contribution in [0, 0.1) is 6.92 Å². The molecular formula is C29H43Cl2N9O2. The summed E-state index contributed by atoms with van der Waals surface area (Å²) in [6.07, 6.45) is 12.0. The molecule has 0 bridgehead atoms. The Hall–Kier alpha value is -2.86. The standard InChI is InChI=1S/C29H41N9O2.2ClH/c1-19-6-10-22(11-7-19)34-29(39)40-37-16-14-23(15-17-37)32-26-25-27(38(18-31-25)24-4-2-3-5-24)36-28(35-26)33-21-12-8-20(30)9-13-21;;/h6-7,10-11,18,20-21,23-24H,2-5,8-9,12-17,30H2,1H3,(H,34,39)(H2,32,33,35,36);2*1H/t20-,21-;;. The van der Waals surface area contributed by atoms with E-state index in [4.69, 9.17) is 25.5 Å². The molecule has 2 saturated carbocycles. The summed E-state index contributed by atoms with van der Waals surface area (Å²) < 4.78 is 2.25. The lowest BCUT2D eigenvalue weighted by Crippen LogP contribution is -2.41. The average Bonchev–Trinajstić information content (AvgIpc) is 3.63. The van der Waals surface area contributed by atoms with Gasteiger partial charge in [0.25, 0.3) is 0 Å². The molecule has 2 aliphatic carbocycles.